The summed E-state index contributed by atoms with van der Waals surface area (Å²) in [5.41, 5.74) is 2.40. The van der Waals surface area contributed by atoms with Crippen molar-refractivity contribution >= 4 is 23.2 Å². The van der Waals surface area contributed by atoms with Gasteiger partial charge in [0.1, 0.15) is 19.0 Å². The second-order valence-corrected chi connectivity index (χ2v) is 9.78. The van der Waals surface area contributed by atoms with Crippen LogP contribution in [0.15, 0.2) is 35.7 Å². The quantitative estimate of drug-likeness (QED) is 0.424. The van der Waals surface area contributed by atoms with Crippen molar-refractivity contribution in [3.63, 3.8) is 0 Å². The van der Waals surface area contributed by atoms with Crippen LogP contribution >= 0.6 is 11.3 Å². The summed E-state index contributed by atoms with van der Waals surface area (Å²) in [5.74, 6) is 0.970. The van der Waals surface area contributed by atoms with E-state index in [0.29, 0.717) is 38.6 Å². The van der Waals surface area contributed by atoms with Crippen molar-refractivity contribution in [1.29, 1.82) is 0 Å². The fourth-order valence-electron chi connectivity index (χ4n) is 4.16. The lowest BCUT2D eigenvalue weighted by atomic mass is 10.00. The van der Waals surface area contributed by atoms with Gasteiger partial charge in [0.05, 0.1) is 12.6 Å². The van der Waals surface area contributed by atoms with Gasteiger partial charge in [-0.1, -0.05) is 26.0 Å². The Labute approximate surface area is 206 Å². The van der Waals surface area contributed by atoms with Crippen LogP contribution in [-0.2, 0) is 25.5 Å². The molecule has 0 saturated heterocycles. The number of carbonyl (C=O) groups is 2. The highest BCUT2D eigenvalue weighted by atomic mass is 32.1. The molecule has 0 saturated carbocycles. The van der Waals surface area contributed by atoms with Gasteiger partial charge in [-0.3, -0.25) is 9.59 Å². The van der Waals surface area contributed by atoms with E-state index < -0.39 is 0 Å². The zero-order chi connectivity index (χ0) is 24.5. The number of thiophene rings is 1. The number of carbonyl (C=O) groups excluding carboxylic acids is 2. The smallest absolute Gasteiger partial charge is 0.249 e. The summed E-state index contributed by atoms with van der Waals surface area (Å²) in [6, 6.07) is 10.0. The van der Waals surface area contributed by atoms with Crippen LogP contribution in [0.2, 0.25) is 0 Å². The molecule has 1 aromatic heterocycles. The van der Waals surface area contributed by atoms with Gasteiger partial charge in [0.2, 0.25) is 11.8 Å². The van der Waals surface area contributed by atoms with Gasteiger partial charge < -0.3 is 24.0 Å². The summed E-state index contributed by atoms with van der Waals surface area (Å²) in [5, 5.41) is 2.07. The molecule has 1 aliphatic rings. The number of rotatable bonds is 12. The van der Waals surface area contributed by atoms with Crippen molar-refractivity contribution in [1.82, 2.24) is 9.80 Å². The lowest BCUT2D eigenvalue weighted by molar-refractivity contribution is -0.144. The molecule has 0 unspecified atom stereocenters. The molecule has 0 fully saturated rings. The van der Waals surface area contributed by atoms with E-state index in [0.717, 1.165) is 17.7 Å². The minimum absolute atomic E-state index is 0.0188. The second-order valence-electron chi connectivity index (χ2n) is 8.78. The first-order valence-electron chi connectivity index (χ1n) is 11.8. The zero-order valence-corrected chi connectivity index (χ0v) is 21.4. The Bertz CT molecular complexity index is 928. The van der Waals surface area contributed by atoms with Crippen LogP contribution in [0.5, 0.6) is 5.75 Å². The number of hydrogen-bond donors (Lipinski definition) is 0. The monoisotopic (exact) mass is 488 g/mol. The number of amides is 2. The van der Waals surface area contributed by atoms with Crippen LogP contribution < -0.4 is 4.74 Å². The third-order valence-electron chi connectivity index (χ3n) is 6.09. The fourth-order valence-corrected chi connectivity index (χ4v) is 5.09. The van der Waals surface area contributed by atoms with E-state index >= 15 is 0 Å². The minimum atomic E-state index is -0.196. The number of fused-ring (bicyclic) bond motifs is 1. The molecule has 1 atom stereocenters. The maximum absolute atomic E-state index is 13.4. The number of methoxy groups -OCH3 is 2. The van der Waals surface area contributed by atoms with Crippen LogP contribution in [0.4, 0.5) is 0 Å². The van der Waals surface area contributed by atoms with Gasteiger partial charge in [0, 0.05) is 38.8 Å². The molecule has 7 nitrogen and oxygen atoms in total. The van der Waals surface area contributed by atoms with E-state index in [9.17, 15) is 9.59 Å². The molecule has 34 heavy (non-hydrogen) atoms. The number of nitrogens with zero attached hydrogens (tertiary/aromatic N) is 2. The van der Waals surface area contributed by atoms with E-state index in [1.165, 1.54) is 17.6 Å². The third-order valence-corrected chi connectivity index (χ3v) is 7.09. The molecule has 0 N–H and O–H groups in total. The van der Waals surface area contributed by atoms with Gasteiger partial charge in [-0.2, -0.15) is 0 Å². The van der Waals surface area contributed by atoms with Crippen LogP contribution in [-0.4, -0.2) is 75.3 Å². The lowest BCUT2D eigenvalue weighted by Gasteiger charge is -2.37. The van der Waals surface area contributed by atoms with Crippen LogP contribution in [0.3, 0.4) is 0 Å². The molecule has 2 heterocycles. The topological polar surface area (TPSA) is 68.3 Å². The first kappa shape index (κ1) is 26.2. The molecular weight excluding hydrogens is 452 g/mol. The van der Waals surface area contributed by atoms with Gasteiger partial charge in [0.25, 0.3) is 0 Å². The minimum Gasteiger partial charge on any atom is -0.491 e. The van der Waals surface area contributed by atoms with Crippen molar-refractivity contribution in [3.05, 3.63) is 51.7 Å². The van der Waals surface area contributed by atoms with Gasteiger partial charge in [-0.05, 0) is 53.5 Å². The first-order chi connectivity index (χ1) is 16.4. The van der Waals surface area contributed by atoms with E-state index in [1.807, 2.05) is 17.0 Å². The maximum atomic E-state index is 13.4. The predicted octanol–water partition coefficient (Wildman–Crippen LogP) is 3.89. The second kappa shape index (κ2) is 12.9. The Balaban J connectivity index is 1.72. The predicted molar refractivity (Wildman–Crippen MR) is 133 cm³/mol. The summed E-state index contributed by atoms with van der Waals surface area (Å²) in [4.78, 5) is 30.7. The highest BCUT2D eigenvalue weighted by Crippen LogP contribution is 2.34. The van der Waals surface area contributed by atoms with Crippen molar-refractivity contribution < 1.29 is 23.8 Å². The van der Waals surface area contributed by atoms with E-state index in [2.05, 4.69) is 37.4 Å². The molecule has 0 aliphatic carbocycles. The number of benzene rings is 1. The molecule has 2 aromatic rings. The molecule has 1 aliphatic heterocycles. The highest BCUT2D eigenvalue weighted by Gasteiger charge is 2.33. The Morgan fingerprint density at radius 3 is 2.59 bits per heavy atom. The number of ether oxygens (including phenoxy) is 3. The molecular formula is C26H36N2O5S. The fraction of sp³-hybridized carbons (Fsp3) is 0.538. The van der Waals surface area contributed by atoms with Crippen LogP contribution in [0, 0.1) is 0 Å². The highest BCUT2D eigenvalue weighted by molar-refractivity contribution is 7.10. The summed E-state index contributed by atoms with van der Waals surface area (Å²) < 4.78 is 16.3. The summed E-state index contributed by atoms with van der Waals surface area (Å²) in [6.07, 6.45) is 1.47. The van der Waals surface area contributed by atoms with Gasteiger partial charge >= 0.3 is 0 Å². The van der Waals surface area contributed by atoms with Crippen molar-refractivity contribution in [2.24, 2.45) is 0 Å². The Morgan fingerprint density at radius 2 is 1.91 bits per heavy atom. The maximum Gasteiger partial charge on any atom is 0.249 e. The Kier molecular flexibility index (Phi) is 9.92. The normalized spacial score (nSPS) is 15.3. The molecule has 3 rings (SSSR count). The van der Waals surface area contributed by atoms with E-state index in [-0.39, 0.29) is 31.0 Å². The van der Waals surface area contributed by atoms with Crippen molar-refractivity contribution in [2.45, 2.75) is 38.6 Å². The summed E-state index contributed by atoms with van der Waals surface area (Å²) >= 11 is 1.72. The van der Waals surface area contributed by atoms with Crippen molar-refractivity contribution in [2.75, 3.05) is 53.7 Å². The molecule has 8 heteroatoms. The number of hydrogen-bond acceptors (Lipinski definition) is 6. The van der Waals surface area contributed by atoms with E-state index in [4.69, 9.17) is 14.2 Å². The third kappa shape index (κ3) is 6.81. The SMILES string of the molecule is COCCCN(CC(=O)N1CCc2sccc2[C@@H]1COc1ccc(C(C)C)cc1)C(=O)COC. The Morgan fingerprint density at radius 1 is 1.15 bits per heavy atom. The average Bonchev–Trinajstić information content (AvgIpc) is 3.31. The molecule has 2 amide bonds. The molecule has 0 radical (unpaired) electrons. The largest absolute Gasteiger partial charge is 0.491 e. The van der Waals surface area contributed by atoms with Gasteiger partial charge in [-0.15, -0.1) is 11.3 Å². The molecule has 0 bridgehead atoms. The Hall–Kier alpha value is -2.42. The van der Waals surface area contributed by atoms with Gasteiger partial charge in [-0.25, -0.2) is 0 Å². The van der Waals surface area contributed by atoms with E-state index in [1.54, 1.807) is 23.3 Å². The van der Waals surface area contributed by atoms with Gasteiger partial charge in [0.15, 0.2) is 0 Å². The summed E-state index contributed by atoms with van der Waals surface area (Å²) in [6.45, 7) is 6.24. The average molecular weight is 489 g/mol. The molecule has 1 aromatic carbocycles. The molecule has 0 spiro atoms. The van der Waals surface area contributed by atoms with Crippen LogP contribution in [0.1, 0.15) is 48.2 Å². The lowest BCUT2D eigenvalue weighted by Crippen LogP contribution is -2.48. The summed E-state index contributed by atoms with van der Waals surface area (Å²) in [7, 11) is 3.11. The first-order valence-corrected chi connectivity index (χ1v) is 12.7. The zero-order valence-electron chi connectivity index (χ0n) is 20.6. The standard InChI is InChI=1S/C26H36N2O5S/c1-19(2)20-6-8-21(9-7-20)33-17-23-22-11-15-34-24(22)10-13-28(23)25(29)16-27(12-5-14-31-3)26(30)18-32-4/h6-9,11,15,19,23H,5,10,12-14,16-18H2,1-4H3/t23-/m0/s1. The van der Waals surface area contributed by atoms with Crippen LogP contribution in [0.25, 0.3) is 0 Å². The van der Waals surface area contributed by atoms with Crippen molar-refractivity contribution in [3.8, 4) is 5.75 Å². The molecule has 186 valence electrons.